The Labute approximate surface area is 122 Å². The van der Waals surface area contributed by atoms with Gasteiger partial charge in [-0.15, -0.1) is 0 Å². The van der Waals surface area contributed by atoms with Gasteiger partial charge in [-0.05, 0) is 33.0 Å². The predicted molar refractivity (Wildman–Crippen MR) is 77.9 cm³/mol. The number of carbonyl (C=O) groups is 3. The minimum absolute atomic E-state index is 0.133. The van der Waals surface area contributed by atoms with E-state index in [1.165, 1.54) is 31.9 Å². The number of nitrogens with two attached hydrogens (primary N) is 1. The van der Waals surface area contributed by atoms with E-state index in [-0.39, 0.29) is 12.1 Å². The van der Waals surface area contributed by atoms with Crippen molar-refractivity contribution in [2.45, 2.75) is 19.4 Å². The van der Waals surface area contributed by atoms with E-state index in [0.717, 1.165) is 0 Å². The van der Waals surface area contributed by atoms with Crippen LogP contribution in [0.3, 0.4) is 0 Å². The second-order valence-corrected chi connectivity index (χ2v) is 5.18. The van der Waals surface area contributed by atoms with E-state index in [9.17, 15) is 14.4 Å². The van der Waals surface area contributed by atoms with Crippen LogP contribution >= 0.6 is 0 Å². The van der Waals surface area contributed by atoms with Gasteiger partial charge in [-0.25, -0.2) is 0 Å². The van der Waals surface area contributed by atoms with Crippen LogP contribution in [0.15, 0.2) is 24.3 Å². The highest BCUT2D eigenvalue weighted by molar-refractivity contribution is 6.03. The van der Waals surface area contributed by atoms with Crippen molar-refractivity contribution in [1.29, 1.82) is 0 Å². The first-order valence-electron chi connectivity index (χ1n) is 6.29. The topological polar surface area (TPSA) is 113 Å². The van der Waals surface area contributed by atoms with Gasteiger partial charge in [0, 0.05) is 0 Å². The lowest BCUT2D eigenvalue weighted by Crippen LogP contribution is -2.50. The van der Waals surface area contributed by atoms with Gasteiger partial charge in [0.25, 0.3) is 5.91 Å². The molecule has 0 aliphatic heterocycles. The summed E-state index contributed by atoms with van der Waals surface area (Å²) in [5.41, 5.74) is 4.54. The molecule has 0 aliphatic carbocycles. The van der Waals surface area contributed by atoms with E-state index >= 15 is 0 Å². The molecule has 4 N–H and O–H groups in total. The summed E-state index contributed by atoms with van der Waals surface area (Å²) < 4.78 is 0. The lowest BCUT2D eigenvalue weighted by molar-refractivity contribution is -0.148. The molecule has 7 nitrogen and oxygen atoms in total. The predicted octanol–water partition coefficient (Wildman–Crippen LogP) is 0.519. The fourth-order valence-corrected chi connectivity index (χ4v) is 1.57. The summed E-state index contributed by atoms with van der Waals surface area (Å²) >= 11 is 0. The first-order valence-corrected chi connectivity index (χ1v) is 6.29. The molecule has 21 heavy (non-hydrogen) atoms. The van der Waals surface area contributed by atoms with Crippen molar-refractivity contribution in [2.75, 3.05) is 18.9 Å². The molecule has 1 rings (SSSR count). The van der Waals surface area contributed by atoms with Crippen molar-refractivity contribution in [3.8, 4) is 0 Å². The molecule has 0 heterocycles. The summed E-state index contributed by atoms with van der Waals surface area (Å²) in [5, 5.41) is 11.7. The molecule has 0 fully saturated rings. The number of nitrogens with zero attached hydrogens (tertiary/aromatic N) is 1. The van der Waals surface area contributed by atoms with Crippen LogP contribution in [0, 0.1) is 0 Å². The third-order valence-corrected chi connectivity index (χ3v) is 3.33. The molecule has 7 heteroatoms. The van der Waals surface area contributed by atoms with E-state index < -0.39 is 23.3 Å². The average Bonchev–Trinajstić information content (AvgIpc) is 2.38. The zero-order chi connectivity index (χ0) is 16.2. The van der Waals surface area contributed by atoms with Crippen molar-refractivity contribution < 1.29 is 19.5 Å². The second kappa shape index (κ2) is 6.36. The summed E-state index contributed by atoms with van der Waals surface area (Å²) in [4.78, 5) is 35.7. The van der Waals surface area contributed by atoms with Crippen LogP contribution in [0.1, 0.15) is 24.2 Å². The number of primary amides is 1. The molecule has 2 amide bonds. The van der Waals surface area contributed by atoms with Gasteiger partial charge in [-0.3, -0.25) is 19.3 Å². The molecule has 0 saturated heterocycles. The Morgan fingerprint density at radius 2 is 1.86 bits per heavy atom. The SMILES string of the molecule is CN(CC(=O)Nc1ccccc1C(N)=O)C(C)(C)C(=O)O. The molecular weight excluding hydrogens is 274 g/mol. The van der Waals surface area contributed by atoms with Crippen LogP contribution in [0.2, 0.25) is 0 Å². The number of aliphatic carboxylic acids is 1. The third-order valence-electron chi connectivity index (χ3n) is 3.33. The molecule has 0 spiro atoms. The molecule has 114 valence electrons. The maximum Gasteiger partial charge on any atom is 0.323 e. The standard InChI is InChI=1S/C14H19N3O4/c1-14(2,13(20)21)17(3)8-11(18)16-10-7-5-4-6-9(10)12(15)19/h4-7H,8H2,1-3H3,(H2,15,19)(H,16,18)(H,20,21). The van der Waals surface area contributed by atoms with Crippen molar-refractivity contribution >= 4 is 23.5 Å². The van der Waals surface area contributed by atoms with Crippen molar-refractivity contribution in [3.63, 3.8) is 0 Å². The van der Waals surface area contributed by atoms with E-state index in [2.05, 4.69) is 5.32 Å². The van der Waals surface area contributed by atoms with Gasteiger partial charge < -0.3 is 16.2 Å². The average molecular weight is 293 g/mol. The highest BCUT2D eigenvalue weighted by atomic mass is 16.4. The zero-order valence-corrected chi connectivity index (χ0v) is 12.2. The number of amides is 2. The summed E-state index contributed by atoms with van der Waals surface area (Å²) in [6, 6.07) is 6.35. The fourth-order valence-electron chi connectivity index (χ4n) is 1.57. The molecule has 0 bridgehead atoms. The van der Waals surface area contributed by atoms with Crippen LogP contribution in [0.25, 0.3) is 0 Å². The Morgan fingerprint density at radius 1 is 1.29 bits per heavy atom. The van der Waals surface area contributed by atoms with Gasteiger partial charge in [-0.2, -0.15) is 0 Å². The number of carboxylic acids is 1. The highest BCUT2D eigenvalue weighted by Gasteiger charge is 2.33. The Balaban J connectivity index is 2.80. The summed E-state index contributed by atoms with van der Waals surface area (Å²) in [7, 11) is 1.54. The van der Waals surface area contributed by atoms with Crippen LogP contribution in [0.4, 0.5) is 5.69 Å². The molecule has 1 aromatic carbocycles. The van der Waals surface area contributed by atoms with Crippen molar-refractivity contribution in [2.24, 2.45) is 5.73 Å². The number of anilines is 1. The summed E-state index contributed by atoms with van der Waals surface area (Å²) in [6.45, 7) is 2.87. The fraction of sp³-hybridized carbons (Fsp3) is 0.357. The van der Waals surface area contributed by atoms with E-state index in [4.69, 9.17) is 10.8 Å². The van der Waals surface area contributed by atoms with Gasteiger partial charge in [0.1, 0.15) is 5.54 Å². The Morgan fingerprint density at radius 3 is 2.38 bits per heavy atom. The number of benzene rings is 1. The largest absolute Gasteiger partial charge is 0.480 e. The molecule has 0 saturated carbocycles. The first kappa shape index (κ1) is 16.6. The number of nitrogens with one attached hydrogen (secondary N) is 1. The Bertz CT molecular complexity index is 569. The third kappa shape index (κ3) is 4.03. The maximum atomic E-state index is 12.0. The lowest BCUT2D eigenvalue weighted by atomic mass is 10.0. The number of rotatable bonds is 6. The number of para-hydroxylation sites is 1. The van der Waals surface area contributed by atoms with Crippen LogP contribution < -0.4 is 11.1 Å². The lowest BCUT2D eigenvalue weighted by Gasteiger charge is -2.30. The zero-order valence-electron chi connectivity index (χ0n) is 12.2. The molecule has 0 aliphatic rings. The van der Waals surface area contributed by atoms with Gasteiger partial charge >= 0.3 is 5.97 Å². The van der Waals surface area contributed by atoms with E-state index in [1.54, 1.807) is 18.2 Å². The Kier molecular flexibility index (Phi) is 5.04. The number of hydrogen-bond acceptors (Lipinski definition) is 4. The van der Waals surface area contributed by atoms with Gasteiger partial charge in [0.15, 0.2) is 0 Å². The quantitative estimate of drug-likeness (QED) is 0.707. The minimum atomic E-state index is -1.18. The van der Waals surface area contributed by atoms with Crippen LogP contribution in [0.5, 0.6) is 0 Å². The Hall–Kier alpha value is -2.41. The minimum Gasteiger partial charge on any atom is -0.480 e. The number of likely N-dealkylation sites (N-methyl/N-ethyl adjacent to an activating group) is 1. The molecule has 1 aromatic rings. The van der Waals surface area contributed by atoms with Gasteiger partial charge in [0.2, 0.25) is 5.91 Å². The number of carboxylic acid groups (broad SMARTS) is 1. The first-order chi connectivity index (χ1) is 9.66. The van der Waals surface area contributed by atoms with Crippen molar-refractivity contribution in [3.05, 3.63) is 29.8 Å². The smallest absolute Gasteiger partial charge is 0.323 e. The van der Waals surface area contributed by atoms with Gasteiger partial charge in [0.05, 0.1) is 17.8 Å². The van der Waals surface area contributed by atoms with Crippen molar-refractivity contribution in [1.82, 2.24) is 4.90 Å². The monoisotopic (exact) mass is 293 g/mol. The van der Waals surface area contributed by atoms with Crippen LogP contribution in [-0.2, 0) is 9.59 Å². The van der Waals surface area contributed by atoms with E-state index in [0.29, 0.717) is 5.69 Å². The van der Waals surface area contributed by atoms with E-state index in [1.807, 2.05) is 0 Å². The molecule has 0 unspecified atom stereocenters. The number of carbonyl (C=O) groups excluding carboxylic acids is 2. The summed E-state index contributed by atoms with van der Waals surface area (Å²) in [6.07, 6.45) is 0. The number of hydrogen-bond donors (Lipinski definition) is 3. The second-order valence-electron chi connectivity index (χ2n) is 5.18. The molecule has 0 aromatic heterocycles. The maximum absolute atomic E-state index is 12.0. The van der Waals surface area contributed by atoms with Gasteiger partial charge in [-0.1, -0.05) is 12.1 Å². The molecule has 0 atom stereocenters. The highest BCUT2D eigenvalue weighted by Crippen LogP contribution is 2.15. The van der Waals surface area contributed by atoms with Crippen LogP contribution in [-0.4, -0.2) is 46.9 Å². The summed E-state index contributed by atoms with van der Waals surface area (Å²) in [5.74, 6) is -2.11. The molecule has 0 radical (unpaired) electrons. The normalized spacial score (nSPS) is 11.2. The molecular formula is C14H19N3O4.